The Kier molecular flexibility index (Phi) is 6.31. The van der Waals surface area contributed by atoms with Gasteiger partial charge in [-0.25, -0.2) is 8.42 Å². The Morgan fingerprint density at radius 1 is 1.08 bits per heavy atom. The van der Waals surface area contributed by atoms with Gasteiger partial charge in [0.05, 0.1) is 18.6 Å². The number of anilines is 1. The highest BCUT2D eigenvalue weighted by molar-refractivity contribution is 7.91. The van der Waals surface area contributed by atoms with Gasteiger partial charge in [0.25, 0.3) is 0 Å². The molecule has 0 aliphatic carbocycles. The second-order valence-corrected chi connectivity index (χ2v) is 8.85. The average Bonchev–Trinajstić information content (AvgIpc) is 2.48. The van der Waals surface area contributed by atoms with Crippen LogP contribution in [-0.2, 0) is 20.4 Å². The monoisotopic (exact) mass is 395 g/mol. The largest absolute Gasteiger partial charge is 0.495 e. The van der Waals surface area contributed by atoms with Gasteiger partial charge in [0.2, 0.25) is 5.91 Å². The van der Waals surface area contributed by atoms with Crippen molar-refractivity contribution in [2.75, 3.05) is 18.2 Å². The molecule has 0 aromatic heterocycles. The van der Waals surface area contributed by atoms with Crippen LogP contribution in [0.4, 0.5) is 5.69 Å². The van der Waals surface area contributed by atoms with Crippen LogP contribution in [0.25, 0.3) is 0 Å². The van der Waals surface area contributed by atoms with Crippen LogP contribution in [0.3, 0.4) is 0 Å². The molecule has 5 nitrogen and oxygen atoms in total. The molecule has 0 aliphatic heterocycles. The maximum absolute atomic E-state index is 12.4. The molecule has 2 rings (SSSR count). The van der Waals surface area contributed by atoms with Crippen molar-refractivity contribution in [1.82, 2.24) is 0 Å². The number of ether oxygens (including phenoxy) is 1. The zero-order valence-electron chi connectivity index (χ0n) is 15.2. The topological polar surface area (TPSA) is 72.5 Å². The van der Waals surface area contributed by atoms with Gasteiger partial charge >= 0.3 is 0 Å². The van der Waals surface area contributed by atoms with Crippen molar-refractivity contribution in [2.24, 2.45) is 0 Å². The van der Waals surface area contributed by atoms with Gasteiger partial charge in [0.15, 0.2) is 9.84 Å². The van der Waals surface area contributed by atoms with E-state index in [0.29, 0.717) is 22.0 Å². The van der Waals surface area contributed by atoms with Crippen molar-refractivity contribution in [2.45, 2.75) is 26.5 Å². The van der Waals surface area contributed by atoms with E-state index < -0.39 is 21.5 Å². The smallest absolute Gasteiger partial charge is 0.239 e. The maximum Gasteiger partial charge on any atom is 0.239 e. The third-order valence-electron chi connectivity index (χ3n) is 3.77. The highest BCUT2D eigenvalue weighted by Crippen LogP contribution is 2.31. The van der Waals surface area contributed by atoms with Crippen molar-refractivity contribution in [3.05, 3.63) is 57.6 Å². The number of carbonyl (C=O) groups is 1. The number of sulfone groups is 1. The number of hydrogen-bond donors (Lipinski definition) is 1. The van der Waals surface area contributed by atoms with Gasteiger partial charge in [0.1, 0.15) is 11.5 Å². The molecule has 1 N–H and O–H groups in total. The molecule has 0 unspecified atom stereocenters. The van der Waals surface area contributed by atoms with Crippen LogP contribution in [0, 0.1) is 20.8 Å². The minimum Gasteiger partial charge on any atom is -0.495 e. The Labute approximate surface area is 159 Å². The molecule has 0 aliphatic rings. The Morgan fingerprint density at radius 3 is 2.27 bits per heavy atom. The second-order valence-electron chi connectivity index (χ2n) is 6.38. The summed E-state index contributed by atoms with van der Waals surface area (Å²) >= 11 is 6.03. The first-order valence-corrected chi connectivity index (χ1v) is 10.2. The fraction of sp³-hybridized carbons (Fsp3) is 0.316. The van der Waals surface area contributed by atoms with E-state index in [1.165, 1.54) is 7.11 Å². The summed E-state index contributed by atoms with van der Waals surface area (Å²) in [4.78, 5) is 12.2. The van der Waals surface area contributed by atoms with E-state index in [-0.39, 0.29) is 5.75 Å². The van der Waals surface area contributed by atoms with Gasteiger partial charge in [-0.15, -0.1) is 0 Å². The summed E-state index contributed by atoms with van der Waals surface area (Å²) in [5.74, 6) is -1.03. The van der Waals surface area contributed by atoms with Crippen LogP contribution < -0.4 is 10.1 Å². The molecule has 0 bridgehead atoms. The number of hydrogen-bond acceptors (Lipinski definition) is 4. The van der Waals surface area contributed by atoms with Crippen LogP contribution in [-0.4, -0.2) is 27.2 Å². The summed E-state index contributed by atoms with van der Waals surface area (Å²) in [5, 5.41) is 3.09. The van der Waals surface area contributed by atoms with Gasteiger partial charge < -0.3 is 10.1 Å². The quantitative estimate of drug-likeness (QED) is 0.806. The molecule has 0 heterocycles. The molecular formula is C19H22ClNO4S. The average molecular weight is 396 g/mol. The van der Waals surface area contributed by atoms with Gasteiger partial charge in [-0.1, -0.05) is 40.9 Å². The molecule has 2 aromatic rings. The number of nitrogens with one attached hydrogen (secondary N) is 1. The molecular weight excluding hydrogens is 374 g/mol. The summed E-state index contributed by atoms with van der Waals surface area (Å²) in [6, 6.07) is 8.83. The Hall–Kier alpha value is -2.05. The van der Waals surface area contributed by atoms with Crippen molar-refractivity contribution < 1.29 is 17.9 Å². The normalized spacial score (nSPS) is 11.3. The van der Waals surface area contributed by atoms with Gasteiger partial charge in [-0.2, -0.15) is 0 Å². The van der Waals surface area contributed by atoms with Crippen LogP contribution in [0.15, 0.2) is 30.3 Å². The zero-order valence-corrected chi connectivity index (χ0v) is 16.8. The van der Waals surface area contributed by atoms with E-state index in [1.807, 2.05) is 32.0 Å². The van der Waals surface area contributed by atoms with E-state index in [0.717, 1.165) is 16.7 Å². The SMILES string of the molecule is COc1cc(Cl)c(C)cc1NC(=O)CS(=O)(=O)Cc1cc(C)cc(C)c1. The van der Waals surface area contributed by atoms with Crippen molar-refractivity contribution in [3.8, 4) is 5.75 Å². The summed E-state index contributed by atoms with van der Waals surface area (Å²) < 4.78 is 30.0. The van der Waals surface area contributed by atoms with Gasteiger partial charge in [-0.3, -0.25) is 4.79 Å². The van der Waals surface area contributed by atoms with Crippen LogP contribution >= 0.6 is 11.6 Å². The molecule has 0 atom stereocenters. The number of halogens is 1. The highest BCUT2D eigenvalue weighted by atomic mass is 35.5. The highest BCUT2D eigenvalue weighted by Gasteiger charge is 2.19. The van der Waals surface area contributed by atoms with Crippen LogP contribution in [0.1, 0.15) is 22.3 Å². The molecule has 0 fully saturated rings. The van der Waals surface area contributed by atoms with E-state index >= 15 is 0 Å². The van der Waals surface area contributed by atoms with Crippen molar-refractivity contribution >= 4 is 33.0 Å². The predicted molar refractivity (Wildman–Crippen MR) is 105 cm³/mol. The molecule has 2 aromatic carbocycles. The molecule has 0 saturated heterocycles. The summed E-state index contributed by atoms with van der Waals surface area (Å²) in [7, 11) is -2.15. The van der Waals surface area contributed by atoms with Crippen molar-refractivity contribution in [3.63, 3.8) is 0 Å². The number of rotatable bonds is 6. The predicted octanol–water partition coefficient (Wildman–Crippen LogP) is 3.83. The Bertz CT molecular complexity index is 919. The van der Waals surface area contributed by atoms with E-state index in [1.54, 1.807) is 19.1 Å². The first-order valence-electron chi connectivity index (χ1n) is 8.01. The summed E-state index contributed by atoms with van der Waals surface area (Å²) in [6.45, 7) is 5.60. The lowest BCUT2D eigenvalue weighted by molar-refractivity contribution is -0.113. The number of amides is 1. The van der Waals surface area contributed by atoms with E-state index in [2.05, 4.69) is 5.32 Å². The van der Waals surface area contributed by atoms with E-state index in [4.69, 9.17) is 16.3 Å². The lowest BCUT2D eigenvalue weighted by atomic mass is 10.1. The van der Waals surface area contributed by atoms with Gasteiger partial charge in [-0.05, 0) is 38.0 Å². The molecule has 7 heteroatoms. The molecule has 1 amide bonds. The standard InChI is InChI=1S/C19H22ClNO4S/c1-12-5-13(2)7-15(6-12)10-26(23,24)11-19(22)21-17-8-14(3)16(20)9-18(17)25-4/h5-9H,10-11H2,1-4H3,(H,21,22). The molecule has 0 spiro atoms. The second kappa shape index (κ2) is 8.10. The van der Waals surface area contributed by atoms with Crippen LogP contribution in [0.5, 0.6) is 5.75 Å². The fourth-order valence-corrected chi connectivity index (χ4v) is 4.18. The summed E-state index contributed by atoms with van der Waals surface area (Å²) in [5.41, 5.74) is 3.79. The molecule has 140 valence electrons. The number of benzene rings is 2. The van der Waals surface area contributed by atoms with E-state index in [9.17, 15) is 13.2 Å². The third kappa shape index (κ3) is 5.47. The minimum atomic E-state index is -3.60. The third-order valence-corrected chi connectivity index (χ3v) is 5.66. The first kappa shape index (κ1) is 20.3. The minimum absolute atomic E-state index is 0.181. The van der Waals surface area contributed by atoms with Crippen molar-refractivity contribution in [1.29, 1.82) is 0 Å². The lowest BCUT2D eigenvalue weighted by Crippen LogP contribution is -2.24. The number of aryl methyl sites for hydroxylation is 3. The van der Waals surface area contributed by atoms with Crippen LogP contribution in [0.2, 0.25) is 5.02 Å². The number of carbonyl (C=O) groups excluding carboxylic acids is 1. The maximum atomic E-state index is 12.4. The lowest BCUT2D eigenvalue weighted by Gasteiger charge is -2.12. The first-order chi connectivity index (χ1) is 12.1. The molecule has 26 heavy (non-hydrogen) atoms. The molecule has 0 radical (unpaired) electrons. The van der Waals surface area contributed by atoms with Gasteiger partial charge in [0, 0.05) is 11.1 Å². The Balaban J connectivity index is 2.12. The Morgan fingerprint density at radius 2 is 1.69 bits per heavy atom. The molecule has 0 saturated carbocycles. The summed E-state index contributed by atoms with van der Waals surface area (Å²) in [6.07, 6.45) is 0. The zero-order chi connectivity index (χ0) is 19.5. The fourth-order valence-electron chi connectivity index (χ4n) is 2.77. The number of methoxy groups -OCH3 is 1.